The molecule has 0 heterocycles. The molecule has 0 amide bonds. The predicted octanol–water partition coefficient (Wildman–Crippen LogP) is -1.68. The fourth-order valence-corrected chi connectivity index (χ4v) is 1.05. The molecule has 0 saturated heterocycles. The van der Waals surface area contributed by atoms with E-state index in [1.807, 2.05) is 0 Å². The van der Waals surface area contributed by atoms with Gasteiger partial charge in [0.2, 0.25) is 5.82 Å². The summed E-state index contributed by atoms with van der Waals surface area (Å²) in [7, 11) is 0. The molecule has 9 heteroatoms. The number of hydrogen-bond donors (Lipinski definition) is 3. The van der Waals surface area contributed by atoms with Crippen molar-refractivity contribution in [2.45, 2.75) is 0 Å². The van der Waals surface area contributed by atoms with Gasteiger partial charge in [0.1, 0.15) is 11.1 Å². The molecule has 0 bridgehead atoms. The molecule has 3 N–H and O–H groups in total. The number of carboxylic acid groups (broad SMARTS) is 2. The van der Waals surface area contributed by atoms with Crippen molar-refractivity contribution in [3.63, 3.8) is 0 Å². The van der Waals surface area contributed by atoms with E-state index in [2.05, 4.69) is 0 Å². The first-order valence-electron chi connectivity index (χ1n) is 3.65. The van der Waals surface area contributed by atoms with Gasteiger partial charge in [-0.05, 0) is 0 Å². The second kappa shape index (κ2) is 5.39. The van der Waals surface area contributed by atoms with Crippen molar-refractivity contribution < 1.29 is 69.1 Å². The maximum Gasteiger partial charge on any atom is 1.00 e. The number of benzene rings is 1. The Hall–Kier alpha value is -1.25. The Morgan fingerprint density at radius 2 is 1.24 bits per heavy atom. The molecule has 0 unspecified atom stereocenters. The van der Waals surface area contributed by atoms with Crippen LogP contribution >= 0.6 is 0 Å². The number of hydrogen-bond acceptors (Lipinski definition) is 3. The minimum atomic E-state index is -2.16. The Kier molecular flexibility index (Phi) is 4.99. The molecule has 0 fully saturated rings. The predicted molar refractivity (Wildman–Crippen MR) is 43.0 cm³/mol. The van der Waals surface area contributed by atoms with E-state index in [0.717, 1.165) is 0 Å². The Bertz CT molecular complexity index is 463. The zero-order valence-electron chi connectivity index (χ0n) is 9.29. The summed E-state index contributed by atoms with van der Waals surface area (Å²) in [5, 5.41) is 25.5. The van der Waals surface area contributed by atoms with E-state index in [0.29, 0.717) is 0 Å². The molecule has 0 aliphatic carbocycles. The number of aromatic hydroxyl groups is 1. The minimum Gasteiger partial charge on any atom is -1.00 e. The molecule has 88 valence electrons. The Morgan fingerprint density at radius 3 is 1.59 bits per heavy atom. The largest absolute Gasteiger partial charge is 1.00 e. The second-order valence-electron chi connectivity index (χ2n) is 2.65. The summed E-state index contributed by atoms with van der Waals surface area (Å²) in [6, 6.07) is 0. The first-order chi connectivity index (χ1) is 7.29. The molecule has 0 spiro atoms. The molecule has 17 heavy (non-hydrogen) atoms. The van der Waals surface area contributed by atoms with Crippen LogP contribution in [0.25, 0.3) is 0 Å². The molecule has 0 aliphatic heterocycles. The van der Waals surface area contributed by atoms with Crippen molar-refractivity contribution >= 4 is 11.9 Å². The summed E-state index contributed by atoms with van der Waals surface area (Å²) in [5.41, 5.74) is -3.32. The third-order valence-electron chi connectivity index (χ3n) is 1.73. The minimum absolute atomic E-state index is 0. The SMILES string of the molecule is O=C(O)c1c(F)c(O)c(F)c(F)c1C(=O)O.[H-].[Na+]. The molecule has 1 aromatic rings. The Balaban J connectivity index is 0. The van der Waals surface area contributed by atoms with E-state index in [4.69, 9.17) is 15.3 Å². The zero-order valence-corrected chi connectivity index (χ0v) is 10.3. The Morgan fingerprint density at radius 1 is 0.882 bits per heavy atom. The van der Waals surface area contributed by atoms with Crippen molar-refractivity contribution in [1.29, 1.82) is 0 Å². The van der Waals surface area contributed by atoms with Gasteiger partial charge >= 0.3 is 41.5 Å². The Labute approximate surface area is 115 Å². The number of phenolic OH excluding ortho intramolecular Hbond substituents is 1. The van der Waals surface area contributed by atoms with Crippen LogP contribution in [-0.2, 0) is 0 Å². The summed E-state index contributed by atoms with van der Waals surface area (Å²) in [4.78, 5) is 20.9. The smallest absolute Gasteiger partial charge is 1.00 e. The van der Waals surface area contributed by atoms with Crippen LogP contribution < -0.4 is 29.6 Å². The second-order valence-corrected chi connectivity index (χ2v) is 2.65. The number of carboxylic acids is 2. The maximum atomic E-state index is 13.0. The summed E-state index contributed by atoms with van der Waals surface area (Å²) in [5.74, 6) is -12.5. The number of rotatable bonds is 2. The van der Waals surface area contributed by atoms with Gasteiger partial charge in [0.25, 0.3) is 0 Å². The summed E-state index contributed by atoms with van der Waals surface area (Å²) >= 11 is 0. The first kappa shape index (κ1) is 15.8. The van der Waals surface area contributed by atoms with Gasteiger partial charge in [0.15, 0.2) is 17.4 Å². The standard InChI is InChI=1S/C8H3F3O5.Na.H/c9-3-1(7(13)14)2(8(15)16)4(10)6(12)5(3)11;;/h12H,(H,13,14)(H,15,16);;/q;+1;-1. The van der Waals surface area contributed by atoms with Crippen LogP contribution in [0.1, 0.15) is 22.1 Å². The molecular weight excluding hydrogens is 256 g/mol. The fourth-order valence-electron chi connectivity index (χ4n) is 1.05. The van der Waals surface area contributed by atoms with Crippen molar-refractivity contribution in [2.24, 2.45) is 0 Å². The van der Waals surface area contributed by atoms with E-state index >= 15 is 0 Å². The van der Waals surface area contributed by atoms with Crippen molar-refractivity contribution in [1.82, 2.24) is 0 Å². The molecule has 5 nitrogen and oxygen atoms in total. The van der Waals surface area contributed by atoms with Crippen LogP contribution in [0.2, 0.25) is 0 Å². The van der Waals surface area contributed by atoms with Gasteiger partial charge in [-0.15, -0.1) is 0 Å². The monoisotopic (exact) mass is 260 g/mol. The average Bonchev–Trinajstić information content (AvgIpc) is 2.18. The number of aromatic carboxylic acids is 2. The number of halogens is 3. The fraction of sp³-hybridized carbons (Fsp3) is 0. The number of phenols is 1. The van der Waals surface area contributed by atoms with Crippen molar-refractivity contribution in [2.75, 3.05) is 0 Å². The molecule has 0 atom stereocenters. The molecule has 0 saturated carbocycles. The molecule has 0 radical (unpaired) electrons. The van der Waals surface area contributed by atoms with Crippen LogP contribution in [-0.4, -0.2) is 27.3 Å². The summed E-state index contributed by atoms with van der Waals surface area (Å²) in [6.07, 6.45) is 0. The van der Waals surface area contributed by atoms with Crippen LogP contribution in [0.3, 0.4) is 0 Å². The molecular formula is C8H4F3NaO5. The average molecular weight is 260 g/mol. The van der Waals surface area contributed by atoms with Gasteiger partial charge in [0, 0.05) is 0 Å². The first-order valence-corrected chi connectivity index (χ1v) is 3.65. The van der Waals surface area contributed by atoms with Gasteiger partial charge in [-0.1, -0.05) is 0 Å². The van der Waals surface area contributed by atoms with Gasteiger partial charge in [-0.3, -0.25) is 0 Å². The number of carbonyl (C=O) groups is 2. The van der Waals surface area contributed by atoms with E-state index in [1.165, 1.54) is 0 Å². The van der Waals surface area contributed by atoms with E-state index in [9.17, 15) is 22.8 Å². The van der Waals surface area contributed by atoms with Gasteiger partial charge < -0.3 is 16.7 Å². The zero-order chi connectivity index (χ0) is 12.6. The van der Waals surface area contributed by atoms with E-state index in [1.54, 1.807) is 0 Å². The van der Waals surface area contributed by atoms with Crippen LogP contribution in [0, 0.1) is 17.5 Å². The van der Waals surface area contributed by atoms with E-state index in [-0.39, 0.29) is 31.0 Å². The van der Waals surface area contributed by atoms with Crippen molar-refractivity contribution in [3.8, 4) is 5.75 Å². The van der Waals surface area contributed by atoms with Gasteiger partial charge in [-0.25, -0.2) is 18.4 Å². The van der Waals surface area contributed by atoms with Crippen LogP contribution in [0.5, 0.6) is 5.75 Å². The van der Waals surface area contributed by atoms with E-state index < -0.39 is 46.3 Å². The normalized spacial score (nSPS) is 9.59. The van der Waals surface area contributed by atoms with Crippen LogP contribution in [0.15, 0.2) is 0 Å². The molecule has 1 aromatic carbocycles. The molecule has 1 rings (SSSR count). The van der Waals surface area contributed by atoms with Crippen molar-refractivity contribution in [3.05, 3.63) is 28.6 Å². The summed E-state index contributed by atoms with van der Waals surface area (Å²) in [6.45, 7) is 0. The third kappa shape index (κ3) is 2.54. The topological polar surface area (TPSA) is 94.8 Å². The van der Waals surface area contributed by atoms with Crippen LogP contribution in [0.4, 0.5) is 13.2 Å². The third-order valence-corrected chi connectivity index (χ3v) is 1.73. The van der Waals surface area contributed by atoms with Gasteiger partial charge in [0.05, 0.1) is 0 Å². The summed E-state index contributed by atoms with van der Waals surface area (Å²) < 4.78 is 38.7. The molecule has 0 aromatic heterocycles. The quantitative estimate of drug-likeness (QED) is 0.436. The molecule has 0 aliphatic rings. The van der Waals surface area contributed by atoms with Gasteiger partial charge in [-0.2, -0.15) is 4.39 Å². The maximum absolute atomic E-state index is 13.0.